The molecule has 2 aromatic carbocycles. The van der Waals surface area contributed by atoms with Gasteiger partial charge in [0.25, 0.3) is 5.91 Å². The summed E-state index contributed by atoms with van der Waals surface area (Å²) < 4.78 is 5.92. The predicted octanol–water partition coefficient (Wildman–Crippen LogP) is 4.22. The Kier molecular flexibility index (Phi) is 7.57. The van der Waals surface area contributed by atoms with Gasteiger partial charge in [-0.3, -0.25) is 4.79 Å². The Hall–Kier alpha value is -3.19. The molecule has 1 heterocycles. The Morgan fingerprint density at radius 2 is 1.77 bits per heavy atom. The molecule has 1 amide bonds. The highest BCUT2D eigenvalue weighted by atomic mass is 32.2. The highest BCUT2D eigenvalue weighted by Crippen LogP contribution is 2.18. The molecule has 6 nitrogen and oxygen atoms in total. The van der Waals surface area contributed by atoms with E-state index in [4.69, 9.17) is 4.74 Å². The van der Waals surface area contributed by atoms with E-state index in [1.807, 2.05) is 56.3 Å². The van der Waals surface area contributed by atoms with E-state index in [-0.39, 0.29) is 11.7 Å². The molecule has 3 rings (SSSR count). The number of hydrogen-bond donors (Lipinski definition) is 1. The molecule has 0 aliphatic carbocycles. The summed E-state index contributed by atoms with van der Waals surface area (Å²) in [6.45, 7) is 6.32. The number of para-hydroxylation sites is 1. The molecule has 0 bridgehead atoms. The Labute approximate surface area is 180 Å². The second-order valence-electron chi connectivity index (χ2n) is 6.83. The van der Waals surface area contributed by atoms with E-state index in [1.54, 1.807) is 6.21 Å². The van der Waals surface area contributed by atoms with Gasteiger partial charge in [-0.2, -0.15) is 5.10 Å². The lowest BCUT2D eigenvalue weighted by atomic mass is 10.1. The maximum Gasteiger partial charge on any atom is 0.250 e. The van der Waals surface area contributed by atoms with E-state index < -0.39 is 0 Å². The van der Waals surface area contributed by atoms with Crippen molar-refractivity contribution in [2.24, 2.45) is 5.10 Å². The summed E-state index contributed by atoms with van der Waals surface area (Å²) in [5.41, 5.74) is 7.39. The third kappa shape index (κ3) is 6.70. The number of aryl methyl sites for hydroxylation is 3. The van der Waals surface area contributed by atoms with Crippen molar-refractivity contribution in [3.8, 4) is 5.75 Å². The zero-order valence-electron chi connectivity index (χ0n) is 17.3. The van der Waals surface area contributed by atoms with Crippen molar-refractivity contribution < 1.29 is 9.53 Å². The van der Waals surface area contributed by atoms with Gasteiger partial charge in [0.05, 0.1) is 12.0 Å². The molecule has 7 heteroatoms. The van der Waals surface area contributed by atoms with Crippen LogP contribution >= 0.6 is 11.8 Å². The maximum atomic E-state index is 12.1. The molecule has 0 atom stereocenters. The van der Waals surface area contributed by atoms with Crippen LogP contribution in [0.5, 0.6) is 5.75 Å². The normalized spacial score (nSPS) is 10.9. The second-order valence-corrected chi connectivity index (χ2v) is 7.77. The van der Waals surface area contributed by atoms with Crippen LogP contribution in [-0.4, -0.2) is 27.8 Å². The number of ether oxygens (including phenoxy) is 1. The number of rotatable bonds is 8. The number of amides is 1. The Bertz CT molecular complexity index is 1020. The van der Waals surface area contributed by atoms with E-state index in [0.29, 0.717) is 17.5 Å². The first-order chi connectivity index (χ1) is 14.5. The smallest absolute Gasteiger partial charge is 0.250 e. The third-order valence-electron chi connectivity index (χ3n) is 4.12. The number of hydrazone groups is 1. The fourth-order valence-electron chi connectivity index (χ4n) is 2.66. The minimum Gasteiger partial charge on any atom is -0.488 e. The summed E-state index contributed by atoms with van der Waals surface area (Å²) in [4.78, 5) is 20.7. The van der Waals surface area contributed by atoms with Crippen molar-refractivity contribution in [2.45, 2.75) is 32.5 Å². The molecule has 0 fully saturated rings. The molecule has 154 valence electrons. The van der Waals surface area contributed by atoms with Crippen molar-refractivity contribution in [3.63, 3.8) is 0 Å². The van der Waals surface area contributed by atoms with Crippen LogP contribution in [-0.2, 0) is 11.4 Å². The lowest BCUT2D eigenvalue weighted by Gasteiger charge is -2.09. The van der Waals surface area contributed by atoms with E-state index in [9.17, 15) is 4.79 Å². The Morgan fingerprint density at radius 1 is 1.07 bits per heavy atom. The summed E-state index contributed by atoms with van der Waals surface area (Å²) in [6.07, 6.45) is 1.58. The topological polar surface area (TPSA) is 76.5 Å². The molecule has 0 spiro atoms. The number of carbonyl (C=O) groups is 1. The van der Waals surface area contributed by atoms with Gasteiger partial charge in [-0.25, -0.2) is 15.4 Å². The Morgan fingerprint density at radius 3 is 2.50 bits per heavy atom. The van der Waals surface area contributed by atoms with Crippen LogP contribution in [0.3, 0.4) is 0 Å². The first-order valence-corrected chi connectivity index (χ1v) is 10.5. The van der Waals surface area contributed by atoms with Gasteiger partial charge < -0.3 is 4.74 Å². The van der Waals surface area contributed by atoms with Crippen molar-refractivity contribution >= 4 is 23.9 Å². The van der Waals surface area contributed by atoms with Crippen LogP contribution < -0.4 is 10.2 Å². The summed E-state index contributed by atoms with van der Waals surface area (Å²) in [5, 5.41) is 4.64. The molecule has 1 aromatic heterocycles. The van der Waals surface area contributed by atoms with Gasteiger partial charge in [-0.15, -0.1) is 0 Å². The van der Waals surface area contributed by atoms with Gasteiger partial charge in [0.15, 0.2) is 5.16 Å². The average Bonchev–Trinajstić information content (AvgIpc) is 2.72. The minimum atomic E-state index is -0.225. The van der Waals surface area contributed by atoms with Gasteiger partial charge in [0, 0.05) is 17.0 Å². The van der Waals surface area contributed by atoms with Gasteiger partial charge in [0.1, 0.15) is 12.4 Å². The molecule has 1 N–H and O–H groups in total. The fourth-order valence-corrected chi connectivity index (χ4v) is 3.40. The van der Waals surface area contributed by atoms with Crippen molar-refractivity contribution in [2.75, 3.05) is 5.75 Å². The van der Waals surface area contributed by atoms with Crippen molar-refractivity contribution in [3.05, 3.63) is 82.7 Å². The highest BCUT2D eigenvalue weighted by molar-refractivity contribution is 7.99. The lowest BCUT2D eigenvalue weighted by molar-refractivity contribution is -0.118. The van der Waals surface area contributed by atoms with Gasteiger partial charge in [-0.1, -0.05) is 53.7 Å². The van der Waals surface area contributed by atoms with Crippen molar-refractivity contribution in [1.29, 1.82) is 0 Å². The van der Waals surface area contributed by atoms with E-state index in [0.717, 1.165) is 22.5 Å². The first-order valence-electron chi connectivity index (χ1n) is 9.54. The number of benzene rings is 2. The minimum absolute atomic E-state index is 0.186. The SMILES string of the molecule is Cc1ccc(COc2ccccc2/C=N\NC(=O)CSc2nc(C)cc(C)n2)cc1. The number of hydrogen-bond acceptors (Lipinski definition) is 6. The molecule has 0 aliphatic heterocycles. The molecule has 0 saturated carbocycles. The van der Waals surface area contributed by atoms with Crippen LogP contribution in [0.15, 0.2) is 64.9 Å². The second kappa shape index (κ2) is 10.5. The van der Waals surface area contributed by atoms with Crippen LogP contribution in [0.1, 0.15) is 28.1 Å². The first kappa shape index (κ1) is 21.5. The van der Waals surface area contributed by atoms with Gasteiger partial charge in [-0.05, 0) is 44.5 Å². The quantitative estimate of drug-likeness (QED) is 0.255. The number of nitrogens with one attached hydrogen (secondary N) is 1. The largest absolute Gasteiger partial charge is 0.488 e. The highest BCUT2D eigenvalue weighted by Gasteiger charge is 2.06. The number of thioether (sulfide) groups is 1. The molecular weight excluding hydrogens is 396 g/mol. The van der Waals surface area contributed by atoms with Gasteiger partial charge in [0.2, 0.25) is 0 Å². The summed E-state index contributed by atoms with van der Waals surface area (Å²) in [6, 6.07) is 17.7. The van der Waals surface area contributed by atoms with Crippen LogP contribution in [0.25, 0.3) is 0 Å². The van der Waals surface area contributed by atoms with E-state index in [2.05, 4.69) is 39.6 Å². The lowest BCUT2D eigenvalue weighted by Crippen LogP contribution is -2.20. The number of carbonyl (C=O) groups excluding carboxylic acids is 1. The zero-order valence-corrected chi connectivity index (χ0v) is 18.1. The standard InChI is InChI=1S/C23H24N4O2S/c1-16-8-10-19(11-9-16)14-29-21-7-5-4-6-20(21)13-24-27-22(28)15-30-23-25-17(2)12-18(3)26-23/h4-13H,14-15H2,1-3H3,(H,27,28)/b24-13-. The predicted molar refractivity (Wildman–Crippen MR) is 120 cm³/mol. The monoisotopic (exact) mass is 420 g/mol. The molecule has 3 aromatic rings. The molecule has 30 heavy (non-hydrogen) atoms. The van der Waals surface area contributed by atoms with E-state index >= 15 is 0 Å². The van der Waals surface area contributed by atoms with Gasteiger partial charge >= 0.3 is 0 Å². The van der Waals surface area contributed by atoms with Crippen LogP contribution in [0.4, 0.5) is 0 Å². The molecule has 0 unspecified atom stereocenters. The average molecular weight is 421 g/mol. The Balaban J connectivity index is 1.52. The summed E-state index contributed by atoms with van der Waals surface area (Å²) in [7, 11) is 0. The molecule has 0 radical (unpaired) electrons. The van der Waals surface area contributed by atoms with E-state index in [1.165, 1.54) is 17.3 Å². The molecule has 0 aliphatic rings. The summed E-state index contributed by atoms with van der Waals surface area (Å²) >= 11 is 1.28. The molecular formula is C23H24N4O2S. The number of nitrogens with zero attached hydrogens (tertiary/aromatic N) is 3. The van der Waals surface area contributed by atoms with Crippen molar-refractivity contribution in [1.82, 2.24) is 15.4 Å². The third-order valence-corrected chi connectivity index (χ3v) is 4.97. The molecule has 0 saturated heterocycles. The zero-order chi connectivity index (χ0) is 21.3. The summed E-state index contributed by atoms with van der Waals surface area (Å²) in [5.74, 6) is 0.664. The fraction of sp³-hybridized carbons (Fsp3) is 0.217. The van der Waals surface area contributed by atoms with Crippen LogP contribution in [0, 0.1) is 20.8 Å². The van der Waals surface area contributed by atoms with Crippen LogP contribution in [0.2, 0.25) is 0 Å². The number of aromatic nitrogens is 2. The maximum absolute atomic E-state index is 12.1.